The Morgan fingerprint density at radius 1 is 1.00 bits per heavy atom. The van der Waals surface area contributed by atoms with Crippen LogP contribution < -0.4 is 4.90 Å². The molecule has 0 radical (unpaired) electrons. The smallest absolute Gasteiger partial charge is 0.179 e. The van der Waals surface area contributed by atoms with E-state index in [9.17, 15) is 10.5 Å². The molecule has 2 aromatic carbocycles. The molecule has 2 aliphatic rings. The van der Waals surface area contributed by atoms with Crippen molar-refractivity contribution >= 4 is 5.69 Å². The van der Waals surface area contributed by atoms with Crippen LogP contribution in [0.3, 0.4) is 0 Å². The van der Waals surface area contributed by atoms with E-state index < -0.39 is 5.41 Å². The lowest BCUT2D eigenvalue weighted by atomic mass is 9.63. The van der Waals surface area contributed by atoms with Crippen LogP contribution in [0.5, 0.6) is 0 Å². The van der Waals surface area contributed by atoms with E-state index in [0.717, 1.165) is 23.4 Å². The van der Waals surface area contributed by atoms with Crippen molar-refractivity contribution in [2.75, 3.05) is 24.7 Å². The van der Waals surface area contributed by atoms with Crippen molar-refractivity contribution in [2.24, 2.45) is 0 Å². The summed E-state index contributed by atoms with van der Waals surface area (Å²) in [5.41, 5.74) is 1.60. The van der Waals surface area contributed by atoms with Crippen molar-refractivity contribution in [3.05, 3.63) is 65.7 Å². The number of hydrogen-bond donors (Lipinski definition) is 0. The first-order valence-corrected chi connectivity index (χ1v) is 8.13. The molecule has 1 saturated heterocycles. The zero-order valence-electron chi connectivity index (χ0n) is 13.2. The summed E-state index contributed by atoms with van der Waals surface area (Å²) >= 11 is 0. The van der Waals surface area contributed by atoms with Gasteiger partial charge in [0.2, 0.25) is 0 Å². The fourth-order valence-corrected chi connectivity index (χ4v) is 4.13. The Bertz CT molecular complexity index is 820. The molecular weight excluding hydrogens is 298 g/mol. The second kappa shape index (κ2) is 5.67. The van der Waals surface area contributed by atoms with Crippen molar-refractivity contribution in [1.29, 1.82) is 10.5 Å². The first-order chi connectivity index (χ1) is 11.8. The highest BCUT2D eigenvalue weighted by Gasteiger charge is 2.54. The summed E-state index contributed by atoms with van der Waals surface area (Å²) in [5.74, 6) is -0.246. The first-order valence-electron chi connectivity index (χ1n) is 8.13. The maximum absolute atomic E-state index is 10.1. The normalized spacial score (nSPS) is 24.2. The number of hydrogen-bond acceptors (Lipinski definition) is 4. The van der Waals surface area contributed by atoms with Crippen LogP contribution in [-0.2, 0) is 10.2 Å². The number of nitrogens with zero attached hydrogens (tertiary/aromatic N) is 3. The summed E-state index contributed by atoms with van der Waals surface area (Å²) < 4.78 is 5.73. The van der Waals surface area contributed by atoms with Crippen LogP contribution >= 0.6 is 0 Å². The third-order valence-corrected chi connectivity index (χ3v) is 5.17. The molecule has 0 amide bonds. The van der Waals surface area contributed by atoms with E-state index in [2.05, 4.69) is 17.0 Å². The molecule has 0 spiro atoms. The van der Waals surface area contributed by atoms with Gasteiger partial charge in [0, 0.05) is 23.7 Å². The Hall–Kier alpha value is -2.82. The molecule has 2 heterocycles. The van der Waals surface area contributed by atoms with Crippen molar-refractivity contribution in [1.82, 2.24) is 0 Å². The Morgan fingerprint density at radius 2 is 1.71 bits per heavy atom. The van der Waals surface area contributed by atoms with Gasteiger partial charge in [-0.1, -0.05) is 48.5 Å². The molecular formula is C20H17N3O. The highest BCUT2D eigenvalue weighted by molar-refractivity contribution is 5.68. The molecule has 4 nitrogen and oxygen atoms in total. The van der Waals surface area contributed by atoms with E-state index in [1.54, 1.807) is 0 Å². The molecule has 4 heteroatoms. The van der Waals surface area contributed by atoms with Gasteiger partial charge in [0.05, 0.1) is 31.4 Å². The number of morpholine rings is 1. The van der Waals surface area contributed by atoms with Crippen LogP contribution in [0.15, 0.2) is 54.6 Å². The zero-order valence-corrected chi connectivity index (χ0v) is 13.2. The van der Waals surface area contributed by atoms with E-state index in [1.165, 1.54) is 0 Å². The van der Waals surface area contributed by atoms with Gasteiger partial charge in [-0.2, -0.15) is 10.5 Å². The average Bonchev–Trinajstić information content (AvgIpc) is 2.67. The summed E-state index contributed by atoms with van der Waals surface area (Å²) in [4.78, 5) is 2.31. The molecule has 0 aromatic heterocycles. The predicted octanol–water partition coefficient (Wildman–Crippen LogP) is 2.97. The largest absolute Gasteiger partial charge is 0.377 e. The van der Waals surface area contributed by atoms with Gasteiger partial charge in [-0.15, -0.1) is 0 Å². The number of nitriles is 2. The fourth-order valence-electron chi connectivity index (χ4n) is 4.13. The van der Waals surface area contributed by atoms with Crippen LogP contribution in [0, 0.1) is 22.7 Å². The molecule has 2 atom stereocenters. The number of anilines is 1. The molecule has 2 unspecified atom stereocenters. The number of para-hydroxylation sites is 1. The Morgan fingerprint density at radius 3 is 2.46 bits per heavy atom. The lowest BCUT2D eigenvalue weighted by Gasteiger charge is -2.50. The molecule has 0 saturated carbocycles. The summed E-state index contributed by atoms with van der Waals surface area (Å²) in [7, 11) is 0. The number of fused-ring (bicyclic) bond motifs is 3. The van der Waals surface area contributed by atoms with Gasteiger partial charge in [0.15, 0.2) is 5.41 Å². The van der Waals surface area contributed by atoms with Gasteiger partial charge >= 0.3 is 0 Å². The molecule has 24 heavy (non-hydrogen) atoms. The van der Waals surface area contributed by atoms with Crippen LogP contribution in [0.4, 0.5) is 5.69 Å². The maximum atomic E-state index is 10.1. The number of benzene rings is 2. The zero-order chi connectivity index (χ0) is 16.6. The third kappa shape index (κ3) is 1.94. The number of rotatable bonds is 1. The summed E-state index contributed by atoms with van der Waals surface area (Å²) in [6, 6.07) is 22.4. The molecule has 1 fully saturated rings. The summed E-state index contributed by atoms with van der Waals surface area (Å²) in [6.07, 6.45) is 0. The molecule has 0 aliphatic carbocycles. The standard InChI is InChI=1S/C20H17N3O/c21-13-20(14-22)16-8-4-5-9-17(16)23-10-11-24-12-18(23)19(20)15-6-2-1-3-7-15/h1-9,18-19H,10-12H2. The van der Waals surface area contributed by atoms with E-state index in [4.69, 9.17) is 4.74 Å². The van der Waals surface area contributed by atoms with Gasteiger partial charge < -0.3 is 9.64 Å². The molecule has 118 valence electrons. The van der Waals surface area contributed by atoms with E-state index in [0.29, 0.717) is 13.2 Å². The van der Waals surface area contributed by atoms with Crippen molar-refractivity contribution < 1.29 is 4.74 Å². The van der Waals surface area contributed by atoms with Gasteiger partial charge in [-0.05, 0) is 11.6 Å². The molecule has 0 N–H and O–H groups in total. The average molecular weight is 315 g/mol. The topological polar surface area (TPSA) is 60.0 Å². The quantitative estimate of drug-likeness (QED) is 0.812. The van der Waals surface area contributed by atoms with Gasteiger partial charge in [-0.3, -0.25) is 0 Å². The second-order valence-corrected chi connectivity index (χ2v) is 6.27. The van der Waals surface area contributed by atoms with Gasteiger partial charge in [0.25, 0.3) is 0 Å². The first kappa shape index (κ1) is 14.8. The van der Waals surface area contributed by atoms with Gasteiger partial charge in [0.1, 0.15) is 0 Å². The summed E-state index contributed by atoms with van der Waals surface area (Å²) in [6.45, 7) is 1.97. The molecule has 2 aliphatic heterocycles. The van der Waals surface area contributed by atoms with Crippen LogP contribution in [0.2, 0.25) is 0 Å². The molecule has 4 rings (SSSR count). The Labute approximate surface area is 141 Å². The highest BCUT2D eigenvalue weighted by atomic mass is 16.5. The van der Waals surface area contributed by atoms with E-state index >= 15 is 0 Å². The van der Waals surface area contributed by atoms with Crippen molar-refractivity contribution in [2.45, 2.75) is 17.4 Å². The van der Waals surface area contributed by atoms with Crippen molar-refractivity contribution in [3.63, 3.8) is 0 Å². The SMILES string of the molecule is N#CC1(C#N)c2ccccc2N2CCOCC2C1c1ccccc1. The fraction of sp³-hybridized carbons (Fsp3) is 0.300. The van der Waals surface area contributed by atoms with E-state index in [1.807, 2.05) is 54.6 Å². The molecule has 2 aromatic rings. The van der Waals surface area contributed by atoms with Crippen LogP contribution in [0.25, 0.3) is 0 Å². The second-order valence-electron chi connectivity index (χ2n) is 6.27. The van der Waals surface area contributed by atoms with Crippen LogP contribution in [0.1, 0.15) is 17.0 Å². The Kier molecular flexibility index (Phi) is 3.49. The Balaban J connectivity index is 2.00. The number of ether oxygens (including phenoxy) is 1. The monoisotopic (exact) mass is 315 g/mol. The minimum atomic E-state index is -1.21. The lowest BCUT2D eigenvalue weighted by molar-refractivity contribution is 0.0778. The summed E-state index contributed by atoms with van der Waals surface area (Å²) in [5, 5.41) is 20.2. The predicted molar refractivity (Wildman–Crippen MR) is 90.5 cm³/mol. The maximum Gasteiger partial charge on any atom is 0.179 e. The van der Waals surface area contributed by atoms with Gasteiger partial charge in [-0.25, -0.2) is 0 Å². The highest BCUT2D eigenvalue weighted by Crippen LogP contribution is 2.51. The van der Waals surface area contributed by atoms with E-state index in [-0.39, 0.29) is 12.0 Å². The molecule has 0 bridgehead atoms. The van der Waals surface area contributed by atoms with Crippen molar-refractivity contribution in [3.8, 4) is 12.1 Å². The third-order valence-electron chi connectivity index (χ3n) is 5.17. The lowest BCUT2D eigenvalue weighted by Crippen LogP contribution is -2.57. The minimum absolute atomic E-state index is 0.0182. The van der Waals surface area contributed by atoms with Crippen LogP contribution in [-0.4, -0.2) is 25.8 Å². The minimum Gasteiger partial charge on any atom is -0.377 e.